The summed E-state index contributed by atoms with van der Waals surface area (Å²) in [6.45, 7) is 3.57. The minimum atomic E-state index is -0.826. The van der Waals surface area contributed by atoms with Crippen molar-refractivity contribution < 1.29 is 14.6 Å². The number of esters is 1. The molecule has 1 atom stereocenters. The topological polar surface area (TPSA) is 80.9 Å². The van der Waals surface area contributed by atoms with E-state index in [2.05, 4.69) is 4.99 Å². The maximum absolute atomic E-state index is 13.5. The summed E-state index contributed by atoms with van der Waals surface area (Å²) in [5.41, 5.74) is 1.11. The van der Waals surface area contributed by atoms with Gasteiger partial charge in [0.05, 0.1) is 27.4 Å². The van der Waals surface area contributed by atoms with E-state index in [0.29, 0.717) is 26.1 Å². The summed E-state index contributed by atoms with van der Waals surface area (Å²) in [5, 5.41) is 11.1. The molecule has 1 N–H and O–H groups in total. The molecule has 1 unspecified atom stereocenters. The second-order valence-electron chi connectivity index (χ2n) is 7.15. The molecule has 1 aliphatic heterocycles. The van der Waals surface area contributed by atoms with Gasteiger partial charge in [-0.2, -0.15) is 0 Å². The molecule has 0 radical (unpaired) electrons. The molecule has 1 aromatic heterocycles. The maximum Gasteiger partial charge on any atom is 0.338 e. The molecule has 0 bridgehead atoms. The van der Waals surface area contributed by atoms with E-state index < -0.39 is 17.6 Å². The normalized spacial score (nSPS) is 15.9. The highest BCUT2D eigenvalue weighted by molar-refractivity contribution is 7.07. The number of hydrogen-bond acceptors (Lipinski definition) is 6. The number of phenols is 1. The van der Waals surface area contributed by atoms with Crippen LogP contribution in [0.1, 0.15) is 31.0 Å². The first-order chi connectivity index (χ1) is 15.7. The average molecular weight is 524 g/mol. The molecular formula is C23H17Cl3N2O4S. The fraction of sp³-hybridized carbons (Fsp3) is 0.174. The number of halogens is 3. The van der Waals surface area contributed by atoms with Crippen molar-refractivity contribution >= 4 is 58.2 Å². The Morgan fingerprint density at radius 3 is 2.67 bits per heavy atom. The Balaban J connectivity index is 2.01. The lowest BCUT2D eigenvalue weighted by Gasteiger charge is -2.25. The van der Waals surface area contributed by atoms with Crippen molar-refractivity contribution in [3.8, 4) is 5.75 Å². The standard InChI is InChI=1S/C23H17Cl3N2O4S/c1-3-32-22(31)18-11(2)27-23-28(19(18)14-6-4-5-7-15(14)25)21(30)17(33-23)9-12-8-13(24)10-16(26)20(12)29/h4-10,19,29H,3H2,1-2H3. The van der Waals surface area contributed by atoms with Gasteiger partial charge >= 0.3 is 5.97 Å². The van der Waals surface area contributed by atoms with Crippen LogP contribution in [0.25, 0.3) is 6.08 Å². The molecule has 1 aliphatic rings. The lowest BCUT2D eigenvalue weighted by Crippen LogP contribution is -2.40. The highest BCUT2D eigenvalue weighted by Crippen LogP contribution is 2.35. The number of rotatable bonds is 4. The average Bonchev–Trinajstić information content (AvgIpc) is 3.06. The number of ether oxygens (including phenoxy) is 1. The van der Waals surface area contributed by atoms with Crippen LogP contribution >= 0.6 is 46.1 Å². The Bertz CT molecular complexity index is 1490. The third-order valence-electron chi connectivity index (χ3n) is 5.06. The Kier molecular flexibility index (Phi) is 6.68. The molecular weight excluding hydrogens is 507 g/mol. The van der Waals surface area contributed by atoms with E-state index in [4.69, 9.17) is 39.5 Å². The van der Waals surface area contributed by atoms with Gasteiger partial charge in [0.25, 0.3) is 5.56 Å². The summed E-state index contributed by atoms with van der Waals surface area (Å²) < 4.78 is 6.95. The Hall–Kier alpha value is -2.58. The van der Waals surface area contributed by atoms with E-state index in [1.807, 2.05) is 0 Å². The summed E-state index contributed by atoms with van der Waals surface area (Å²) in [4.78, 5) is 31.3. The fourth-order valence-corrected chi connectivity index (χ4v) is 5.41. The van der Waals surface area contributed by atoms with E-state index in [1.165, 1.54) is 22.8 Å². The molecule has 4 rings (SSSR count). The van der Waals surface area contributed by atoms with Crippen molar-refractivity contribution in [3.63, 3.8) is 0 Å². The number of aromatic nitrogens is 1. The smallest absolute Gasteiger partial charge is 0.338 e. The van der Waals surface area contributed by atoms with Crippen molar-refractivity contribution in [2.24, 2.45) is 4.99 Å². The quantitative estimate of drug-likeness (QED) is 0.512. The first-order valence-electron chi connectivity index (χ1n) is 9.85. The van der Waals surface area contributed by atoms with Crippen molar-refractivity contribution in [1.82, 2.24) is 4.57 Å². The van der Waals surface area contributed by atoms with Crippen LogP contribution in [0.2, 0.25) is 15.1 Å². The Morgan fingerprint density at radius 2 is 1.97 bits per heavy atom. The van der Waals surface area contributed by atoms with Gasteiger partial charge in [-0.25, -0.2) is 9.79 Å². The van der Waals surface area contributed by atoms with Crippen LogP contribution in [0.4, 0.5) is 0 Å². The predicted octanol–water partition coefficient (Wildman–Crippen LogP) is 4.46. The van der Waals surface area contributed by atoms with Gasteiger partial charge in [-0.15, -0.1) is 0 Å². The monoisotopic (exact) mass is 522 g/mol. The molecule has 10 heteroatoms. The number of carbonyl (C=O) groups is 1. The fourth-order valence-electron chi connectivity index (χ4n) is 3.62. The molecule has 170 valence electrons. The minimum Gasteiger partial charge on any atom is -0.506 e. The van der Waals surface area contributed by atoms with Crippen molar-refractivity contribution in [2.75, 3.05) is 6.61 Å². The third-order valence-corrected chi connectivity index (χ3v) is 6.89. The summed E-state index contributed by atoms with van der Waals surface area (Å²) in [6, 6.07) is 9.07. The van der Waals surface area contributed by atoms with Crippen LogP contribution in [0, 0.1) is 0 Å². The van der Waals surface area contributed by atoms with Gasteiger partial charge in [0.15, 0.2) is 4.80 Å². The largest absolute Gasteiger partial charge is 0.506 e. The van der Waals surface area contributed by atoms with E-state index in [-0.39, 0.29) is 33.0 Å². The number of phenolic OH excluding ortho intramolecular Hbond substituents is 1. The predicted molar refractivity (Wildman–Crippen MR) is 130 cm³/mol. The van der Waals surface area contributed by atoms with Crippen LogP contribution in [0.3, 0.4) is 0 Å². The van der Waals surface area contributed by atoms with Gasteiger partial charge < -0.3 is 9.84 Å². The molecule has 0 saturated heterocycles. The lowest BCUT2D eigenvalue weighted by molar-refractivity contribution is -0.139. The molecule has 33 heavy (non-hydrogen) atoms. The molecule has 0 amide bonds. The SMILES string of the molecule is CCOC(=O)C1=C(C)N=c2sc(=Cc3cc(Cl)cc(Cl)c3O)c(=O)n2C1c1ccccc1Cl. The van der Waals surface area contributed by atoms with E-state index in [1.54, 1.807) is 38.1 Å². The zero-order chi connectivity index (χ0) is 23.9. The van der Waals surface area contributed by atoms with Crippen LogP contribution < -0.4 is 14.9 Å². The Labute approximate surface area is 207 Å². The van der Waals surface area contributed by atoms with E-state index in [9.17, 15) is 14.7 Å². The molecule has 0 spiro atoms. The van der Waals surface area contributed by atoms with Gasteiger partial charge in [0, 0.05) is 15.6 Å². The highest BCUT2D eigenvalue weighted by atomic mass is 35.5. The number of thiazole rings is 1. The maximum atomic E-state index is 13.5. The third kappa shape index (κ3) is 4.34. The highest BCUT2D eigenvalue weighted by Gasteiger charge is 2.34. The molecule has 0 saturated carbocycles. The van der Waals surface area contributed by atoms with Crippen LogP contribution in [-0.4, -0.2) is 22.2 Å². The van der Waals surface area contributed by atoms with Gasteiger partial charge in [0.2, 0.25) is 0 Å². The number of benzene rings is 2. The molecule has 0 aliphatic carbocycles. The second kappa shape index (κ2) is 9.35. The van der Waals surface area contributed by atoms with Gasteiger partial charge in [-0.1, -0.05) is 64.3 Å². The molecule has 6 nitrogen and oxygen atoms in total. The van der Waals surface area contributed by atoms with Gasteiger partial charge in [-0.3, -0.25) is 9.36 Å². The zero-order valence-electron chi connectivity index (χ0n) is 17.4. The number of nitrogens with zero attached hydrogens (tertiary/aromatic N) is 2. The number of hydrogen-bond donors (Lipinski definition) is 1. The second-order valence-corrected chi connectivity index (χ2v) is 9.41. The van der Waals surface area contributed by atoms with Crippen LogP contribution in [0.15, 0.2) is 57.5 Å². The van der Waals surface area contributed by atoms with Crippen LogP contribution in [-0.2, 0) is 9.53 Å². The van der Waals surface area contributed by atoms with Crippen LogP contribution in [0.5, 0.6) is 5.75 Å². The first-order valence-corrected chi connectivity index (χ1v) is 11.8. The number of aromatic hydroxyl groups is 1. The molecule has 3 aromatic rings. The summed E-state index contributed by atoms with van der Waals surface area (Å²) in [6.07, 6.45) is 1.49. The molecule has 2 heterocycles. The van der Waals surface area contributed by atoms with Crippen molar-refractivity contribution in [2.45, 2.75) is 19.9 Å². The van der Waals surface area contributed by atoms with Gasteiger partial charge in [0.1, 0.15) is 11.8 Å². The van der Waals surface area contributed by atoms with E-state index >= 15 is 0 Å². The first kappa shape index (κ1) is 23.6. The van der Waals surface area contributed by atoms with E-state index in [0.717, 1.165) is 11.3 Å². The van der Waals surface area contributed by atoms with Crippen molar-refractivity contribution in [1.29, 1.82) is 0 Å². The summed E-state index contributed by atoms with van der Waals surface area (Å²) in [7, 11) is 0. The number of carbonyl (C=O) groups excluding carboxylic acids is 1. The summed E-state index contributed by atoms with van der Waals surface area (Å²) >= 11 is 19.7. The van der Waals surface area contributed by atoms with Gasteiger partial charge in [-0.05, 0) is 43.7 Å². The number of allylic oxidation sites excluding steroid dienone is 1. The summed E-state index contributed by atoms with van der Waals surface area (Å²) in [5.74, 6) is -0.768. The minimum absolute atomic E-state index is 0.0657. The zero-order valence-corrected chi connectivity index (χ0v) is 20.5. The lowest BCUT2D eigenvalue weighted by atomic mass is 9.96. The Morgan fingerprint density at radius 1 is 1.24 bits per heavy atom. The van der Waals surface area contributed by atoms with Crippen molar-refractivity contribution in [3.05, 3.63) is 93.6 Å². The molecule has 2 aromatic carbocycles. The molecule has 0 fully saturated rings. The number of fused-ring (bicyclic) bond motifs is 1.